The van der Waals surface area contributed by atoms with Crippen molar-refractivity contribution in [3.8, 4) is 0 Å². The van der Waals surface area contributed by atoms with Gasteiger partial charge in [0.1, 0.15) is 10.7 Å². The van der Waals surface area contributed by atoms with Gasteiger partial charge in [-0.15, -0.1) is 0 Å². The van der Waals surface area contributed by atoms with Crippen LogP contribution in [0, 0.1) is 20.8 Å². The van der Waals surface area contributed by atoms with Crippen molar-refractivity contribution < 1.29 is 13.2 Å². The molecule has 170 valence electrons. The van der Waals surface area contributed by atoms with Gasteiger partial charge in [-0.05, 0) is 45.0 Å². The van der Waals surface area contributed by atoms with Crippen molar-refractivity contribution in [2.75, 3.05) is 41.2 Å². The molecule has 0 unspecified atom stereocenters. The van der Waals surface area contributed by atoms with Crippen LogP contribution in [0.5, 0.6) is 0 Å². The van der Waals surface area contributed by atoms with E-state index in [9.17, 15) is 8.42 Å². The molecule has 0 atom stereocenters. The molecule has 1 aliphatic heterocycles. The minimum absolute atomic E-state index is 0.200. The molecule has 11 heteroatoms. The van der Waals surface area contributed by atoms with Gasteiger partial charge in [0, 0.05) is 43.3 Å². The Kier molecular flexibility index (Phi) is 6.02. The first-order valence-electron chi connectivity index (χ1n) is 10.3. The van der Waals surface area contributed by atoms with Crippen molar-refractivity contribution in [2.45, 2.75) is 25.7 Å². The number of morpholine rings is 1. The second kappa shape index (κ2) is 8.75. The van der Waals surface area contributed by atoms with Gasteiger partial charge in [0.2, 0.25) is 5.95 Å². The van der Waals surface area contributed by atoms with E-state index >= 15 is 0 Å². The number of hydrogen-bond acceptors (Lipinski definition) is 8. The Bertz CT molecular complexity index is 1220. The van der Waals surface area contributed by atoms with E-state index in [1.165, 1.54) is 0 Å². The lowest BCUT2D eigenvalue weighted by atomic mass is 10.3. The summed E-state index contributed by atoms with van der Waals surface area (Å²) in [4.78, 5) is 11.5. The number of nitrogens with one attached hydrogen (secondary N) is 2. The van der Waals surface area contributed by atoms with E-state index in [-0.39, 0.29) is 4.90 Å². The summed E-state index contributed by atoms with van der Waals surface area (Å²) in [6.07, 6.45) is 0. The number of anilines is 4. The summed E-state index contributed by atoms with van der Waals surface area (Å²) < 4.78 is 35.3. The molecule has 1 aliphatic rings. The second-order valence-electron chi connectivity index (χ2n) is 7.72. The standard InChI is InChI=1S/C21H27N7O3S/c1-14-13-19(28-9-11-31-12-10-28)24-21(22-14)23-17-5-7-18(8-6-17)26-32(29,30)20-15(2)25-27(4)16(20)3/h5-8,13,26H,9-12H2,1-4H3,(H,22,23,24). The summed E-state index contributed by atoms with van der Waals surface area (Å²) in [6.45, 7) is 8.29. The largest absolute Gasteiger partial charge is 0.378 e. The van der Waals surface area contributed by atoms with Crippen molar-refractivity contribution in [3.63, 3.8) is 0 Å². The van der Waals surface area contributed by atoms with Crippen molar-refractivity contribution in [3.05, 3.63) is 47.4 Å². The maximum Gasteiger partial charge on any atom is 0.265 e. The molecule has 0 aliphatic carbocycles. The van der Waals surface area contributed by atoms with Crippen LogP contribution in [-0.2, 0) is 21.8 Å². The normalized spacial score (nSPS) is 14.4. The fourth-order valence-electron chi connectivity index (χ4n) is 3.66. The quantitative estimate of drug-likeness (QED) is 0.580. The minimum Gasteiger partial charge on any atom is -0.378 e. The van der Waals surface area contributed by atoms with Gasteiger partial charge in [-0.25, -0.2) is 13.4 Å². The molecule has 3 aromatic rings. The molecule has 2 aromatic heterocycles. The van der Waals surface area contributed by atoms with E-state index in [4.69, 9.17) is 4.74 Å². The lowest BCUT2D eigenvalue weighted by Crippen LogP contribution is -2.36. The van der Waals surface area contributed by atoms with Crippen LogP contribution in [0.2, 0.25) is 0 Å². The molecule has 2 N–H and O–H groups in total. The SMILES string of the molecule is Cc1cc(N2CCOCC2)nc(Nc2ccc(NS(=O)(=O)c3c(C)nn(C)c3C)cc2)n1. The number of nitrogens with zero attached hydrogens (tertiary/aromatic N) is 5. The van der Waals surface area contributed by atoms with Gasteiger partial charge in [0.05, 0.1) is 24.6 Å². The molecule has 0 spiro atoms. The molecular formula is C21H27N7O3S. The number of ether oxygens (including phenoxy) is 1. The van der Waals surface area contributed by atoms with E-state index in [0.29, 0.717) is 36.2 Å². The zero-order valence-corrected chi connectivity index (χ0v) is 19.4. The lowest BCUT2D eigenvalue weighted by molar-refractivity contribution is 0.122. The zero-order valence-electron chi connectivity index (χ0n) is 18.6. The Balaban J connectivity index is 1.49. The highest BCUT2D eigenvalue weighted by Crippen LogP contribution is 2.24. The smallest absolute Gasteiger partial charge is 0.265 e. The van der Waals surface area contributed by atoms with Crippen molar-refractivity contribution in [1.29, 1.82) is 0 Å². The molecule has 1 saturated heterocycles. The monoisotopic (exact) mass is 457 g/mol. The van der Waals surface area contributed by atoms with Crippen LogP contribution in [0.3, 0.4) is 0 Å². The number of aromatic nitrogens is 4. The predicted octanol–water partition coefficient (Wildman–Crippen LogP) is 2.52. The van der Waals surface area contributed by atoms with Crippen LogP contribution in [0.1, 0.15) is 17.1 Å². The third-order valence-electron chi connectivity index (χ3n) is 5.28. The van der Waals surface area contributed by atoms with Crippen LogP contribution >= 0.6 is 0 Å². The molecule has 0 radical (unpaired) electrons. The highest BCUT2D eigenvalue weighted by atomic mass is 32.2. The molecule has 4 rings (SSSR count). The van der Waals surface area contributed by atoms with Crippen molar-refractivity contribution in [2.24, 2.45) is 7.05 Å². The average Bonchev–Trinajstić information content (AvgIpc) is 3.01. The highest BCUT2D eigenvalue weighted by molar-refractivity contribution is 7.92. The first-order valence-corrected chi connectivity index (χ1v) is 11.8. The summed E-state index contributed by atoms with van der Waals surface area (Å²) >= 11 is 0. The molecule has 1 aromatic carbocycles. The Morgan fingerprint density at radius 1 is 1.00 bits per heavy atom. The topological polar surface area (TPSA) is 114 Å². The molecule has 32 heavy (non-hydrogen) atoms. The van der Waals surface area contributed by atoms with E-state index in [0.717, 1.165) is 30.3 Å². The van der Waals surface area contributed by atoms with Crippen molar-refractivity contribution >= 4 is 33.2 Å². The van der Waals surface area contributed by atoms with Gasteiger partial charge in [0.25, 0.3) is 10.0 Å². The van der Waals surface area contributed by atoms with E-state index in [2.05, 4.69) is 30.0 Å². The third kappa shape index (κ3) is 4.68. The van der Waals surface area contributed by atoms with Gasteiger partial charge < -0.3 is 15.0 Å². The second-order valence-corrected chi connectivity index (χ2v) is 9.34. The summed E-state index contributed by atoms with van der Waals surface area (Å²) in [5.41, 5.74) is 3.11. The van der Waals surface area contributed by atoms with E-state index in [1.807, 2.05) is 13.0 Å². The van der Waals surface area contributed by atoms with Gasteiger partial charge in [-0.1, -0.05) is 0 Å². The van der Waals surface area contributed by atoms with Gasteiger partial charge in [0.15, 0.2) is 0 Å². The predicted molar refractivity (Wildman–Crippen MR) is 123 cm³/mol. The summed E-state index contributed by atoms with van der Waals surface area (Å²) in [7, 11) is -2.02. The molecule has 0 amide bonds. The highest BCUT2D eigenvalue weighted by Gasteiger charge is 2.23. The maximum absolute atomic E-state index is 12.8. The van der Waals surface area contributed by atoms with Gasteiger partial charge in [-0.2, -0.15) is 10.1 Å². The van der Waals surface area contributed by atoms with Gasteiger partial charge >= 0.3 is 0 Å². The van der Waals surface area contributed by atoms with Crippen LogP contribution in [-0.4, -0.2) is 54.5 Å². The van der Waals surface area contributed by atoms with Crippen LogP contribution in [0.4, 0.5) is 23.1 Å². The molecule has 1 fully saturated rings. The molecule has 0 bridgehead atoms. The third-order valence-corrected chi connectivity index (χ3v) is 6.91. The Labute approximate surface area is 187 Å². The number of sulfonamides is 1. The Morgan fingerprint density at radius 3 is 2.28 bits per heavy atom. The van der Waals surface area contributed by atoms with Crippen LogP contribution in [0.15, 0.2) is 35.2 Å². The molecule has 3 heterocycles. The molecule has 0 saturated carbocycles. The maximum atomic E-state index is 12.8. The van der Waals surface area contributed by atoms with Crippen molar-refractivity contribution in [1.82, 2.24) is 19.7 Å². The zero-order chi connectivity index (χ0) is 22.9. The van der Waals surface area contributed by atoms with E-state index in [1.54, 1.807) is 49.8 Å². The van der Waals surface area contributed by atoms with Gasteiger partial charge in [-0.3, -0.25) is 9.40 Å². The number of hydrogen-bond donors (Lipinski definition) is 2. The average molecular weight is 458 g/mol. The number of benzene rings is 1. The van der Waals surface area contributed by atoms with E-state index < -0.39 is 10.0 Å². The first kappa shape index (κ1) is 22.0. The lowest BCUT2D eigenvalue weighted by Gasteiger charge is -2.28. The fourth-order valence-corrected chi connectivity index (χ4v) is 5.16. The number of rotatable bonds is 6. The van der Waals surface area contributed by atoms with Crippen LogP contribution < -0.4 is 14.9 Å². The molecular weight excluding hydrogens is 430 g/mol. The van der Waals surface area contributed by atoms with Crippen LogP contribution in [0.25, 0.3) is 0 Å². The minimum atomic E-state index is -3.74. The number of aryl methyl sites for hydroxylation is 3. The molecule has 10 nitrogen and oxygen atoms in total. The first-order chi connectivity index (χ1) is 15.2. The fraction of sp³-hybridized carbons (Fsp3) is 0.381. The summed E-state index contributed by atoms with van der Waals surface area (Å²) in [5, 5.41) is 7.39. The summed E-state index contributed by atoms with van der Waals surface area (Å²) in [6, 6.07) is 8.90. The Hall–Kier alpha value is -3.18. The Morgan fingerprint density at radius 2 is 1.66 bits per heavy atom. The summed E-state index contributed by atoms with van der Waals surface area (Å²) in [5.74, 6) is 1.34.